The van der Waals surface area contributed by atoms with Crippen molar-refractivity contribution >= 4 is 28.0 Å². The maximum atomic E-state index is 9.32. The first-order chi connectivity index (χ1) is 15.6. The van der Waals surface area contributed by atoms with Crippen LogP contribution in [0, 0.1) is 6.92 Å². The Bertz CT molecular complexity index is 1250. The first-order valence-corrected chi connectivity index (χ1v) is 11.0. The number of rotatable bonds is 6. The molecule has 0 saturated heterocycles. The number of aromatic nitrogens is 2. The van der Waals surface area contributed by atoms with Gasteiger partial charge in [-0.1, -0.05) is 18.2 Å². The Hall–Kier alpha value is -3.51. The summed E-state index contributed by atoms with van der Waals surface area (Å²) in [6.07, 6.45) is 4.92. The van der Waals surface area contributed by atoms with Crippen molar-refractivity contribution in [3.8, 4) is 5.75 Å². The highest BCUT2D eigenvalue weighted by molar-refractivity contribution is 5.86. The van der Waals surface area contributed by atoms with Crippen LogP contribution in [-0.4, -0.2) is 34.3 Å². The van der Waals surface area contributed by atoms with Crippen LogP contribution >= 0.6 is 0 Å². The molecule has 0 saturated carbocycles. The largest absolute Gasteiger partial charge is 0.487 e. The van der Waals surface area contributed by atoms with Gasteiger partial charge in [-0.3, -0.25) is 4.98 Å². The molecule has 1 unspecified atom stereocenters. The molecule has 0 amide bonds. The number of benzene rings is 2. The number of nitrogens with zero attached hydrogens (tertiary/aromatic N) is 2. The molecule has 164 valence electrons. The Morgan fingerprint density at radius 2 is 2.06 bits per heavy atom. The fourth-order valence-corrected chi connectivity index (χ4v) is 4.46. The van der Waals surface area contributed by atoms with E-state index in [2.05, 4.69) is 70.6 Å². The van der Waals surface area contributed by atoms with Gasteiger partial charge in [0.1, 0.15) is 11.9 Å². The lowest BCUT2D eigenvalue weighted by molar-refractivity contribution is 0.213. The smallest absolute Gasteiger partial charge is 0.145 e. The molecule has 0 aliphatic carbocycles. The topological polar surface area (TPSA) is 73.4 Å². The van der Waals surface area contributed by atoms with E-state index in [0.29, 0.717) is 5.69 Å². The summed E-state index contributed by atoms with van der Waals surface area (Å²) < 4.78 is 6.17. The number of hydrogen-bond donors (Lipinski definition) is 3. The molecule has 32 heavy (non-hydrogen) atoms. The number of H-pyrrole nitrogens is 1. The number of fused-ring (bicyclic) bond motifs is 2. The van der Waals surface area contributed by atoms with Gasteiger partial charge in [-0.25, -0.2) is 0 Å². The number of pyridine rings is 1. The van der Waals surface area contributed by atoms with Gasteiger partial charge in [0, 0.05) is 47.3 Å². The van der Waals surface area contributed by atoms with Crippen LogP contribution in [0.3, 0.4) is 0 Å². The van der Waals surface area contributed by atoms with Crippen molar-refractivity contribution in [1.82, 2.24) is 9.97 Å². The van der Waals surface area contributed by atoms with Crippen molar-refractivity contribution in [2.24, 2.45) is 0 Å². The molecule has 3 N–H and O–H groups in total. The monoisotopic (exact) mass is 428 g/mol. The van der Waals surface area contributed by atoms with Gasteiger partial charge in [0.05, 0.1) is 24.5 Å². The molecule has 6 nitrogen and oxygen atoms in total. The standard InChI is InChI=1S/C26H28N4O2/c1-17-4-3-5-23-19(14-28-26(17)23)9-11-30-15-18(2)32-25-13-20(6-7-24(25)30)29-21-8-10-27-22(12-21)16-31/h3-8,10,12-14,18,28,31H,9,11,15-16H2,1-2H3,(H,27,29). The van der Waals surface area contributed by atoms with Gasteiger partial charge in [-0.15, -0.1) is 0 Å². The summed E-state index contributed by atoms with van der Waals surface area (Å²) in [5.74, 6) is 0.889. The average molecular weight is 429 g/mol. The predicted octanol–water partition coefficient (Wildman–Crippen LogP) is 4.94. The van der Waals surface area contributed by atoms with Gasteiger partial charge in [0.25, 0.3) is 0 Å². The number of aliphatic hydroxyl groups excluding tert-OH is 1. The van der Waals surface area contributed by atoms with Crippen LogP contribution in [0.15, 0.2) is 60.9 Å². The van der Waals surface area contributed by atoms with Gasteiger partial charge < -0.3 is 25.0 Å². The van der Waals surface area contributed by atoms with E-state index < -0.39 is 0 Å². The fraction of sp³-hybridized carbons (Fsp3) is 0.269. The quantitative estimate of drug-likeness (QED) is 0.406. The number of nitrogens with one attached hydrogen (secondary N) is 2. The predicted molar refractivity (Wildman–Crippen MR) is 129 cm³/mol. The lowest BCUT2D eigenvalue weighted by atomic mass is 10.1. The summed E-state index contributed by atoms with van der Waals surface area (Å²) in [5.41, 5.74) is 7.44. The summed E-state index contributed by atoms with van der Waals surface area (Å²) in [6.45, 7) is 5.97. The Morgan fingerprint density at radius 3 is 2.94 bits per heavy atom. The summed E-state index contributed by atoms with van der Waals surface area (Å²) in [7, 11) is 0. The highest BCUT2D eigenvalue weighted by Crippen LogP contribution is 2.37. The molecule has 0 spiro atoms. The molecule has 1 aliphatic rings. The van der Waals surface area contributed by atoms with Gasteiger partial charge in [-0.2, -0.15) is 0 Å². The van der Waals surface area contributed by atoms with Gasteiger partial charge in [0.2, 0.25) is 0 Å². The first kappa shape index (κ1) is 20.4. The average Bonchev–Trinajstić information content (AvgIpc) is 3.21. The molecule has 5 rings (SSSR count). The number of aliphatic hydroxyl groups is 1. The number of aryl methyl sites for hydroxylation is 1. The highest BCUT2D eigenvalue weighted by Gasteiger charge is 2.23. The molecule has 1 atom stereocenters. The number of hydrogen-bond acceptors (Lipinski definition) is 5. The molecule has 2 aromatic heterocycles. The van der Waals surface area contributed by atoms with Crippen molar-refractivity contribution in [2.45, 2.75) is 33.0 Å². The Morgan fingerprint density at radius 1 is 1.19 bits per heavy atom. The number of aromatic amines is 1. The SMILES string of the molecule is Cc1cccc2c(CCN3CC(C)Oc4cc(Nc5ccnc(CO)c5)ccc43)c[nH]c12. The molecule has 0 fully saturated rings. The summed E-state index contributed by atoms with van der Waals surface area (Å²) >= 11 is 0. The molecule has 0 bridgehead atoms. The van der Waals surface area contributed by atoms with E-state index in [1.54, 1.807) is 6.20 Å². The third kappa shape index (κ3) is 4.01. The number of anilines is 3. The Labute approximate surface area is 187 Å². The molecule has 6 heteroatoms. The van der Waals surface area contributed by atoms with E-state index in [-0.39, 0.29) is 12.7 Å². The molecule has 4 aromatic rings. The zero-order valence-corrected chi connectivity index (χ0v) is 18.4. The fourth-order valence-electron chi connectivity index (χ4n) is 4.46. The molecule has 2 aromatic carbocycles. The van der Waals surface area contributed by atoms with Crippen molar-refractivity contribution in [1.29, 1.82) is 0 Å². The second-order valence-electron chi connectivity index (χ2n) is 8.44. The molecular weight excluding hydrogens is 400 g/mol. The van der Waals surface area contributed by atoms with E-state index in [9.17, 15) is 5.11 Å². The lowest BCUT2D eigenvalue weighted by Gasteiger charge is -2.35. The molecule has 3 heterocycles. The normalized spacial score (nSPS) is 15.5. The molecular formula is C26H28N4O2. The van der Waals surface area contributed by atoms with E-state index >= 15 is 0 Å². The van der Waals surface area contributed by atoms with Crippen LogP contribution < -0.4 is 15.0 Å². The second-order valence-corrected chi connectivity index (χ2v) is 8.44. The van der Waals surface area contributed by atoms with Gasteiger partial charge in [-0.05, 0) is 55.7 Å². The van der Waals surface area contributed by atoms with E-state index in [0.717, 1.165) is 42.3 Å². The van der Waals surface area contributed by atoms with Crippen LogP contribution in [0.1, 0.15) is 23.7 Å². The van der Waals surface area contributed by atoms with Crippen LogP contribution in [0.25, 0.3) is 10.9 Å². The van der Waals surface area contributed by atoms with Gasteiger partial charge in [0.15, 0.2) is 0 Å². The zero-order chi connectivity index (χ0) is 22.1. The Balaban J connectivity index is 1.35. The summed E-state index contributed by atoms with van der Waals surface area (Å²) in [6, 6.07) is 16.4. The highest BCUT2D eigenvalue weighted by atomic mass is 16.5. The maximum absolute atomic E-state index is 9.32. The minimum atomic E-state index is -0.0781. The second kappa shape index (κ2) is 8.55. The summed E-state index contributed by atoms with van der Waals surface area (Å²) in [5, 5.41) is 14.0. The van der Waals surface area contributed by atoms with E-state index in [1.807, 2.05) is 18.2 Å². The zero-order valence-electron chi connectivity index (χ0n) is 18.4. The van der Waals surface area contributed by atoms with Crippen molar-refractivity contribution < 1.29 is 9.84 Å². The van der Waals surface area contributed by atoms with Crippen molar-refractivity contribution in [3.05, 3.63) is 77.7 Å². The van der Waals surface area contributed by atoms with Crippen molar-refractivity contribution in [2.75, 3.05) is 23.3 Å². The molecule has 1 aliphatic heterocycles. The third-order valence-electron chi connectivity index (χ3n) is 6.03. The summed E-state index contributed by atoms with van der Waals surface area (Å²) in [4.78, 5) is 9.99. The van der Waals surface area contributed by atoms with Crippen molar-refractivity contribution in [3.63, 3.8) is 0 Å². The Kier molecular flexibility index (Phi) is 5.45. The first-order valence-electron chi connectivity index (χ1n) is 11.0. The minimum Gasteiger partial charge on any atom is -0.487 e. The third-order valence-corrected chi connectivity index (χ3v) is 6.03. The van der Waals surface area contributed by atoms with Gasteiger partial charge >= 0.3 is 0 Å². The minimum absolute atomic E-state index is 0.0781. The van der Waals surface area contributed by atoms with E-state index in [1.165, 1.54) is 22.0 Å². The lowest BCUT2D eigenvalue weighted by Crippen LogP contribution is -2.39. The van der Waals surface area contributed by atoms with E-state index in [4.69, 9.17) is 4.74 Å². The maximum Gasteiger partial charge on any atom is 0.145 e. The van der Waals surface area contributed by atoms with Crippen LogP contribution in [-0.2, 0) is 13.0 Å². The van der Waals surface area contributed by atoms with Crippen LogP contribution in [0.2, 0.25) is 0 Å². The number of para-hydroxylation sites is 1. The molecule has 0 radical (unpaired) electrons. The number of ether oxygens (including phenoxy) is 1. The van der Waals surface area contributed by atoms with Crippen LogP contribution in [0.4, 0.5) is 17.1 Å². The van der Waals surface area contributed by atoms with Crippen LogP contribution in [0.5, 0.6) is 5.75 Å².